The Morgan fingerprint density at radius 2 is 1.50 bits per heavy atom. The molecular weight excluding hydrogens is 389 g/mol. The van der Waals surface area contributed by atoms with Crippen molar-refractivity contribution in [2.75, 3.05) is 0 Å². The van der Waals surface area contributed by atoms with E-state index in [2.05, 4.69) is 23.5 Å². The maximum absolute atomic E-state index is 6.21. The molecule has 2 nitrogen and oxygen atoms in total. The summed E-state index contributed by atoms with van der Waals surface area (Å²) in [5, 5.41) is 4.69. The van der Waals surface area contributed by atoms with Gasteiger partial charge in [0.1, 0.15) is 12.4 Å². The Balaban J connectivity index is 0.00000243. The lowest BCUT2D eigenvalue weighted by Gasteiger charge is -2.13. The summed E-state index contributed by atoms with van der Waals surface area (Å²) in [4.78, 5) is 0. The number of para-hydroxylation sites is 1. The van der Waals surface area contributed by atoms with E-state index in [1.54, 1.807) is 6.07 Å². The van der Waals surface area contributed by atoms with Crippen LogP contribution in [0.3, 0.4) is 0 Å². The summed E-state index contributed by atoms with van der Waals surface area (Å²) >= 11 is 12.1. The Morgan fingerprint density at radius 3 is 2.27 bits per heavy atom. The Labute approximate surface area is 170 Å². The zero-order valence-corrected chi connectivity index (χ0v) is 16.5. The van der Waals surface area contributed by atoms with Gasteiger partial charge in [0, 0.05) is 34.3 Å². The maximum atomic E-state index is 6.21. The third kappa shape index (κ3) is 5.93. The van der Waals surface area contributed by atoms with Crippen molar-refractivity contribution in [3.05, 3.63) is 99.5 Å². The average molecular weight is 409 g/mol. The van der Waals surface area contributed by atoms with Gasteiger partial charge in [0.2, 0.25) is 0 Å². The van der Waals surface area contributed by atoms with Crippen molar-refractivity contribution in [3.8, 4) is 5.75 Å². The van der Waals surface area contributed by atoms with E-state index in [-0.39, 0.29) is 12.4 Å². The van der Waals surface area contributed by atoms with E-state index < -0.39 is 0 Å². The van der Waals surface area contributed by atoms with E-state index in [4.69, 9.17) is 27.9 Å². The molecule has 0 fully saturated rings. The molecule has 0 radical (unpaired) electrons. The standard InChI is InChI=1S/C21H19Cl2NO.ClH/c22-19-11-10-18(20(23)12-19)15-25-21-9-5-4-8-17(21)14-24-13-16-6-2-1-3-7-16;/h1-12,24H,13-15H2;1H. The Hall–Kier alpha value is -1.71. The molecule has 1 N–H and O–H groups in total. The molecule has 0 aliphatic heterocycles. The predicted molar refractivity (Wildman–Crippen MR) is 111 cm³/mol. The molecule has 0 saturated heterocycles. The van der Waals surface area contributed by atoms with E-state index in [0.717, 1.165) is 30.0 Å². The molecule has 3 aromatic carbocycles. The number of ether oxygens (including phenoxy) is 1. The molecule has 0 saturated carbocycles. The third-order valence-corrected chi connectivity index (χ3v) is 4.45. The lowest BCUT2D eigenvalue weighted by Crippen LogP contribution is -2.13. The summed E-state index contributed by atoms with van der Waals surface area (Å²) in [5.74, 6) is 0.856. The SMILES string of the molecule is Cl.Clc1ccc(COc2ccccc2CNCc2ccccc2)c(Cl)c1. The number of hydrogen-bond donors (Lipinski definition) is 1. The van der Waals surface area contributed by atoms with Crippen LogP contribution in [0.25, 0.3) is 0 Å². The monoisotopic (exact) mass is 407 g/mol. The van der Waals surface area contributed by atoms with Gasteiger partial charge in [-0.25, -0.2) is 0 Å². The summed E-state index contributed by atoms with van der Waals surface area (Å²) in [6.07, 6.45) is 0. The Bertz CT molecular complexity index is 824. The van der Waals surface area contributed by atoms with Gasteiger partial charge in [-0.1, -0.05) is 77.8 Å². The second-order valence-corrected chi connectivity index (χ2v) is 6.56. The zero-order valence-electron chi connectivity index (χ0n) is 14.1. The number of benzene rings is 3. The van der Waals surface area contributed by atoms with E-state index in [0.29, 0.717) is 16.7 Å². The molecule has 0 spiro atoms. The number of hydrogen-bond acceptors (Lipinski definition) is 2. The van der Waals surface area contributed by atoms with Crippen LogP contribution in [0.1, 0.15) is 16.7 Å². The van der Waals surface area contributed by atoms with E-state index >= 15 is 0 Å². The number of halogens is 3. The van der Waals surface area contributed by atoms with Crippen molar-refractivity contribution in [2.24, 2.45) is 0 Å². The molecule has 136 valence electrons. The molecule has 26 heavy (non-hydrogen) atoms. The van der Waals surface area contributed by atoms with Crippen LogP contribution in [0.15, 0.2) is 72.8 Å². The second kappa shape index (κ2) is 10.4. The molecule has 0 atom stereocenters. The van der Waals surface area contributed by atoms with Gasteiger partial charge < -0.3 is 10.1 Å². The van der Waals surface area contributed by atoms with Gasteiger partial charge in [0.25, 0.3) is 0 Å². The third-order valence-electron chi connectivity index (χ3n) is 3.86. The Kier molecular flexibility index (Phi) is 8.27. The van der Waals surface area contributed by atoms with Crippen LogP contribution in [0.4, 0.5) is 0 Å². The maximum Gasteiger partial charge on any atom is 0.124 e. The van der Waals surface area contributed by atoms with Crippen molar-refractivity contribution in [1.82, 2.24) is 5.32 Å². The molecule has 0 bridgehead atoms. The van der Waals surface area contributed by atoms with E-state index in [1.807, 2.05) is 48.5 Å². The molecule has 3 rings (SSSR count). The molecule has 0 amide bonds. The van der Waals surface area contributed by atoms with Gasteiger partial charge in [0.05, 0.1) is 0 Å². The summed E-state index contributed by atoms with van der Waals surface area (Å²) in [6.45, 7) is 1.96. The summed E-state index contributed by atoms with van der Waals surface area (Å²) in [7, 11) is 0. The molecule has 0 heterocycles. The topological polar surface area (TPSA) is 21.3 Å². The minimum Gasteiger partial charge on any atom is -0.489 e. The van der Waals surface area contributed by atoms with Crippen molar-refractivity contribution in [3.63, 3.8) is 0 Å². The van der Waals surface area contributed by atoms with E-state index in [1.165, 1.54) is 5.56 Å². The minimum atomic E-state index is 0. The van der Waals surface area contributed by atoms with Crippen LogP contribution in [0, 0.1) is 0 Å². The van der Waals surface area contributed by atoms with Crippen LogP contribution >= 0.6 is 35.6 Å². The molecule has 3 aromatic rings. The first-order valence-corrected chi connectivity index (χ1v) is 8.87. The van der Waals surface area contributed by atoms with Gasteiger partial charge in [-0.3, -0.25) is 0 Å². The van der Waals surface area contributed by atoms with Crippen LogP contribution in [-0.2, 0) is 19.7 Å². The van der Waals surface area contributed by atoms with Crippen molar-refractivity contribution in [2.45, 2.75) is 19.7 Å². The van der Waals surface area contributed by atoms with E-state index in [9.17, 15) is 0 Å². The van der Waals surface area contributed by atoms with Crippen LogP contribution in [-0.4, -0.2) is 0 Å². The quantitative estimate of drug-likeness (QED) is 0.496. The molecule has 0 aliphatic carbocycles. The first-order chi connectivity index (χ1) is 12.2. The number of rotatable bonds is 7. The van der Waals surface area contributed by atoms with Gasteiger partial charge in [-0.2, -0.15) is 0 Å². The lowest BCUT2D eigenvalue weighted by molar-refractivity contribution is 0.302. The molecule has 0 aromatic heterocycles. The van der Waals surface area contributed by atoms with Crippen molar-refractivity contribution in [1.29, 1.82) is 0 Å². The van der Waals surface area contributed by atoms with Crippen molar-refractivity contribution < 1.29 is 4.74 Å². The fourth-order valence-electron chi connectivity index (χ4n) is 2.52. The molecular formula is C21H20Cl3NO. The zero-order chi connectivity index (χ0) is 17.5. The fraction of sp³-hybridized carbons (Fsp3) is 0.143. The molecule has 0 unspecified atom stereocenters. The normalized spacial score (nSPS) is 10.2. The lowest BCUT2D eigenvalue weighted by atomic mass is 10.2. The highest BCUT2D eigenvalue weighted by molar-refractivity contribution is 6.35. The van der Waals surface area contributed by atoms with Crippen molar-refractivity contribution >= 4 is 35.6 Å². The average Bonchev–Trinajstić information content (AvgIpc) is 2.63. The first-order valence-electron chi connectivity index (χ1n) is 8.11. The summed E-state index contributed by atoms with van der Waals surface area (Å²) in [6, 6.07) is 23.8. The number of nitrogens with one attached hydrogen (secondary N) is 1. The summed E-state index contributed by atoms with van der Waals surface area (Å²) < 4.78 is 5.98. The van der Waals surface area contributed by atoms with Gasteiger partial charge >= 0.3 is 0 Å². The van der Waals surface area contributed by atoms with Gasteiger partial charge in [0.15, 0.2) is 0 Å². The minimum absolute atomic E-state index is 0. The predicted octanol–water partition coefficient (Wildman–Crippen LogP) is 6.28. The highest BCUT2D eigenvalue weighted by Crippen LogP contribution is 2.24. The second-order valence-electron chi connectivity index (χ2n) is 5.72. The van der Waals surface area contributed by atoms with Crippen LogP contribution < -0.4 is 10.1 Å². The smallest absolute Gasteiger partial charge is 0.124 e. The fourth-order valence-corrected chi connectivity index (χ4v) is 2.99. The van der Waals surface area contributed by atoms with Crippen LogP contribution in [0.5, 0.6) is 5.75 Å². The van der Waals surface area contributed by atoms with Gasteiger partial charge in [-0.15, -0.1) is 12.4 Å². The first kappa shape index (κ1) is 20.6. The highest BCUT2D eigenvalue weighted by Gasteiger charge is 2.06. The largest absolute Gasteiger partial charge is 0.489 e. The van der Waals surface area contributed by atoms with Gasteiger partial charge in [-0.05, 0) is 23.8 Å². The summed E-state index contributed by atoms with van der Waals surface area (Å²) in [5.41, 5.74) is 3.29. The molecule has 5 heteroatoms. The Morgan fingerprint density at radius 1 is 0.769 bits per heavy atom. The van der Waals surface area contributed by atoms with Crippen LogP contribution in [0.2, 0.25) is 10.0 Å². The highest BCUT2D eigenvalue weighted by atomic mass is 35.5. The molecule has 0 aliphatic rings.